The van der Waals surface area contributed by atoms with Crippen molar-refractivity contribution in [1.29, 1.82) is 0 Å². The molecule has 1 heterocycles. The van der Waals surface area contributed by atoms with Gasteiger partial charge in [-0.15, -0.1) is 0 Å². The second-order valence-corrected chi connectivity index (χ2v) is 5.65. The molecule has 20 heavy (non-hydrogen) atoms. The third-order valence-corrected chi connectivity index (χ3v) is 4.10. The maximum absolute atomic E-state index is 11.2. The van der Waals surface area contributed by atoms with Gasteiger partial charge in [-0.1, -0.05) is 30.3 Å². The van der Waals surface area contributed by atoms with Gasteiger partial charge < -0.3 is 9.84 Å². The van der Waals surface area contributed by atoms with Gasteiger partial charge >= 0.3 is 5.97 Å². The fraction of sp³-hybridized carbons (Fsp3) is 0.562. The van der Waals surface area contributed by atoms with Gasteiger partial charge in [-0.25, -0.2) is 0 Å². The van der Waals surface area contributed by atoms with E-state index in [1.165, 1.54) is 5.56 Å². The third-order valence-electron chi connectivity index (χ3n) is 4.10. The summed E-state index contributed by atoms with van der Waals surface area (Å²) in [5, 5.41) is 9.22. The predicted molar refractivity (Wildman–Crippen MR) is 77.8 cm³/mol. The van der Waals surface area contributed by atoms with Gasteiger partial charge in [0.15, 0.2) is 0 Å². The van der Waals surface area contributed by atoms with Crippen molar-refractivity contribution in [3.63, 3.8) is 0 Å². The first-order chi connectivity index (χ1) is 9.60. The Morgan fingerprint density at radius 3 is 2.55 bits per heavy atom. The number of carboxylic acids is 1. The number of aliphatic carboxylic acids is 1. The Labute approximate surface area is 120 Å². The molecule has 1 aromatic rings. The van der Waals surface area contributed by atoms with E-state index in [1.807, 2.05) is 18.2 Å². The lowest BCUT2D eigenvalue weighted by Crippen LogP contribution is -2.53. The molecular weight excluding hydrogens is 254 g/mol. The van der Waals surface area contributed by atoms with Crippen molar-refractivity contribution in [1.82, 2.24) is 4.90 Å². The number of ether oxygens (including phenoxy) is 1. The van der Waals surface area contributed by atoms with Crippen LogP contribution in [0.1, 0.15) is 25.3 Å². The molecule has 2 rings (SSSR count). The molecule has 0 spiro atoms. The van der Waals surface area contributed by atoms with Gasteiger partial charge in [-0.05, 0) is 25.3 Å². The van der Waals surface area contributed by atoms with E-state index >= 15 is 0 Å². The SMILES string of the molecule is CC(CCc1ccccc1)(CC(=O)O)N1CCOCC1. The zero-order valence-electron chi connectivity index (χ0n) is 12.0. The second-order valence-electron chi connectivity index (χ2n) is 5.65. The summed E-state index contributed by atoms with van der Waals surface area (Å²) in [6.07, 6.45) is 1.94. The van der Waals surface area contributed by atoms with Crippen LogP contribution in [0.4, 0.5) is 0 Å². The lowest BCUT2D eigenvalue weighted by Gasteiger charge is -2.42. The largest absolute Gasteiger partial charge is 0.481 e. The van der Waals surface area contributed by atoms with Gasteiger partial charge in [0.25, 0.3) is 0 Å². The first-order valence-corrected chi connectivity index (χ1v) is 7.19. The summed E-state index contributed by atoms with van der Waals surface area (Å²) >= 11 is 0. The first kappa shape index (κ1) is 15.0. The Hall–Kier alpha value is -1.39. The summed E-state index contributed by atoms with van der Waals surface area (Å²) in [6.45, 7) is 5.09. The maximum Gasteiger partial charge on any atom is 0.305 e. The van der Waals surface area contributed by atoms with E-state index in [0.717, 1.165) is 25.9 Å². The highest BCUT2D eigenvalue weighted by Crippen LogP contribution is 2.26. The molecule has 0 saturated carbocycles. The number of morpholine rings is 1. The highest BCUT2D eigenvalue weighted by Gasteiger charge is 2.34. The van der Waals surface area contributed by atoms with Crippen LogP contribution < -0.4 is 0 Å². The van der Waals surface area contributed by atoms with E-state index in [0.29, 0.717) is 13.2 Å². The molecule has 1 saturated heterocycles. The molecule has 1 N–H and O–H groups in total. The summed E-state index contributed by atoms with van der Waals surface area (Å²) in [6, 6.07) is 10.3. The number of benzene rings is 1. The van der Waals surface area contributed by atoms with Crippen LogP contribution in [0.2, 0.25) is 0 Å². The summed E-state index contributed by atoms with van der Waals surface area (Å²) in [5.41, 5.74) is 0.961. The average molecular weight is 277 g/mol. The third kappa shape index (κ3) is 4.05. The number of rotatable bonds is 6. The molecule has 1 unspecified atom stereocenters. The van der Waals surface area contributed by atoms with E-state index in [4.69, 9.17) is 4.74 Å². The van der Waals surface area contributed by atoms with Gasteiger partial charge in [-0.3, -0.25) is 9.69 Å². The molecular formula is C16H23NO3. The smallest absolute Gasteiger partial charge is 0.305 e. The molecule has 0 aromatic heterocycles. The predicted octanol–water partition coefficient (Wildman–Crippen LogP) is 2.18. The Morgan fingerprint density at radius 2 is 1.95 bits per heavy atom. The van der Waals surface area contributed by atoms with Crippen LogP contribution >= 0.6 is 0 Å². The van der Waals surface area contributed by atoms with Crippen LogP contribution in [-0.2, 0) is 16.0 Å². The first-order valence-electron chi connectivity index (χ1n) is 7.19. The van der Waals surface area contributed by atoms with E-state index in [-0.39, 0.29) is 12.0 Å². The number of hydrogen-bond acceptors (Lipinski definition) is 3. The van der Waals surface area contributed by atoms with Crippen molar-refractivity contribution in [3.05, 3.63) is 35.9 Å². The van der Waals surface area contributed by atoms with Crippen LogP contribution in [0.25, 0.3) is 0 Å². The van der Waals surface area contributed by atoms with Crippen LogP contribution in [0, 0.1) is 0 Å². The number of hydrogen-bond donors (Lipinski definition) is 1. The normalized spacial score (nSPS) is 19.4. The van der Waals surface area contributed by atoms with Crippen molar-refractivity contribution in [3.8, 4) is 0 Å². The second kappa shape index (κ2) is 6.86. The number of aryl methyl sites for hydroxylation is 1. The quantitative estimate of drug-likeness (QED) is 0.866. The average Bonchev–Trinajstić information content (AvgIpc) is 2.47. The van der Waals surface area contributed by atoms with Crippen molar-refractivity contribution in [2.45, 2.75) is 31.7 Å². The van der Waals surface area contributed by atoms with E-state index < -0.39 is 5.97 Å². The van der Waals surface area contributed by atoms with E-state index in [9.17, 15) is 9.90 Å². The van der Waals surface area contributed by atoms with Crippen molar-refractivity contribution in [2.75, 3.05) is 26.3 Å². The monoisotopic (exact) mass is 277 g/mol. The zero-order chi connectivity index (χ0) is 14.4. The standard InChI is InChI=1S/C16H23NO3/c1-16(13-15(18)19,17-9-11-20-12-10-17)8-7-14-5-3-2-4-6-14/h2-6H,7-13H2,1H3,(H,18,19). The molecule has 1 aliphatic rings. The zero-order valence-corrected chi connectivity index (χ0v) is 12.0. The summed E-state index contributed by atoms with van der Waals surface area (Å²) in [4.78, 5) is 13.5. The molecule has 0 aliphatic carbocycles. The van der Waals surface area contributed by atoms with Crippen LogP contribution in [0.5, 0.6) is 0 Å². The summed E-state index contributed by atoms with van der Waals surface area (Å²) in [5.74, 6) is -0.730. The Morgan fingerprint density at radius 1 is 1.30 bits per heavy atom. The Bertz CT molecular complexity index is 429. The molecule has 0 radical (unpaired) electrons. The molecule has 1 atom stereocenters. The molecule has 1 fully saturated rings. The van der Waals surface area contributed by atoms with Gasteiger partial charge in [0.1, 0.15) is 0 Å². The van der Waals surface area contributed by atoms with Gasteiger partial charge in [-0.2, -0.15) is 0 Å². The number of nitrogens with zero attached hydrogens (tertiary/aromatic N) is 1. The lowest BCUT2D eigenvalue weighted by atomic mass is 9.87. The summed E-state index contributed by atoms with van der Waals surface area (Å²) < 4.78 is 5.37. The van der Waals surface area contributed by atoms with Crippen molar-refractivity contribution in [2.24, 2.45) is 0 Å². The van der Waals surface area contributed by atoms with Crippen LogP contribution in [0.3, 0.4) is 0 Å². The Balaban J connectivity index is 2.03. The van der Waals surface area contributed by atoms with E-state index in [1.54, 1.807) is 0 Å². The minimum Gasteiger partial charge on any atom is -0.481 e. The molecule has 4 heteroatoms. The molecule has 0 bridgehead atoms. The van der Waals surface area contributed by atoms with E-state index in [2.05, 4.69) is 24.0 Å². The van der Waals surface area contributed by atoms with Gasteiger partial charge in [0.05, 0.1) is 19.6 Å². The maximum atomic E-state index is 11.2. The molecule has 4 nitrogen and oxygen atoms in total. The summed E-state index contributed by atoms with van der Waals surface area (Å²) in [7, 11) is 0. The molecule has 0 amide bonds. The molecule has 110 valence electrons. The lowest BCUT2D eigenvalue weighted by molar-refractivity contribution is -0.141. The highest BCUT2D eigenvalue weighted by molar-refractivity contribution is 5.68. The number of carboxylic acid groups (broad SMARTS) is 1. The van der Waals surface area contributed by atoms with Crippen molar-refractivity contribution >= 4 is 5.97 Å². The van der Waals surface area contributed by atoms with Crippen molar-refractivity contribution < 1.29 is 14.6 Å². The highest BCUT2D eigenvalue weighted by atomic mass is 16.5. The van der Waals surface area contributed by atoms with Crippen LogP contribution in [-0.4, -0.2) is 47.8 Å². The number of carbonyl (C=O) groups is 1. The molecule has 1 aliphatic heterocycles. The van der Waals surface area contributed by atoms with Crippen LogP contribution in [0.15, 0.2) is 30.3 Å². The Kier molecular flexibility index (Phi) is 5.15. The molecule has 1 aromatic carbocycles. The van der Waals surface area contributed by atoms with Gasteiger partial charge in [0.2, 0.25) is 0 Å². The minimum atomic E-state index is -0.730. The topological polar surface area (TPSA) is 49.8 Å². The fourth-order valence-corrected chi connectivity index (χ4v) is 2.85. The minimum absolute atomic E-state index is 0.180. The fourth-order valence-electron chi connectivity index (χ4n) is 2.85. The van der Waals surface area contributed by atoms with Gasteiger partial charge in [0, 0.05) is 18.6 Å².